The molecule has 0 spiro atoms. The van der Waals surface area contributed by atoms with E-state index in [4.69, 9.17) is 5.11 Å². The first-order chi connectivity index (χ1) is 6.31. The molecule has 13 heavy (non-hydrogen) atoms. The van der Waals surface area contributed by atoms with Crippen LogP contribution in [-0.2, 0) is 0 Å². The Labute approximate surface area is 79.5 Å². The average Bonchev–Trinajstić information content (AvgIpc) is 2.93. The fraction of sp³-hybridized carbons (Fsp3) is 0.273. The van der Waals surface area contributed by atoms with Gasteiger partial charge in [-0.2, -0.15) is 0 Å². The maximum absolute atomic E-state index is 9.15. The normalized spacial score (nSPS) is 14.3. The zero-order valence-corrected chi connectivity index (χ0v) is 7.88. The summed E-state index contributed by atoms with van der Waals surface area (Å²) in [5.74, 6) is 0.347. The summed E-state index contributed by atoms with van der Waals surface area (Å²) in [5.41, 5.74) is 4.33. The van der Waals surface area contributed by atoms with E-state index in [1.165, 1.54) is 24.0 Å². The van der Waals surface area contributed by atoms with E-state index < -0.39 is 0 Å². The number of hydrogen-bond acceptors (Lipinski definition) is 1. The van der Waals surface area contributed by atoms with Crippen molar-refractivity contribution >= 4 is 13.4 Å². The summed E-state index contributed by atoms with van der Waals surface area (Å²) in [6.45, 7) is 0. The van der Waals surface area contributed by atoms with Crippen molar-refractivity contribution in [3.8, 4) is 5.75 Å². The van der Waals surface area contributed by atoms with E-state index in [0.29, 0.717) is 5.75 Å². The number of phenolic OH excluding ortho intramolecular Hbond substituents is 1. The number of rotatable bonds is 2. The van der Waals surface area contributed by atoms with Crippen molar-refractivity contribution in [1.82, 2.24) is 0 Å². The predicted molar refractivity (Wildman–Crippen MR) is 57.6 cm³/mol. The molecule has 1 aliphatic rings. The molecule has 0 heterocycles. The van der Waals surface area contributed by atoms with Gasteiger partial charge in [0.1, 0.15) is 13.6 Å². The smallest absolute Gasteiger partial charge is 0.115 e. The van der Waals surface area contributed by atoms with Crippen LogP contribution in [0.4, 0.5) is 0 Å². The summed E-state index contributed by atoms with van der Waals surface area (Å²) >= 11 is 0. The number of allylic oxidation sites excluding steroid dienone is 2. The van der Waals surface area contributed by atoms with Gasteiger partial charge in [0, 0.05) is 0 Å². The summed E-state index contributed by atoms with van der Waals surface area (Å²) in [7, 11) is 2.19. The molecule has 0 bridgehead atoms. The van der Waals surface area contributed by atoms with Crippen LogP contribution in [0.1, 0.15) is 18.4 Å². The minimum atomic E-state index is 0.347. The van der Waals surface area contributed by atoms with Crippen LogP contribution >= 0.6 is 0 Å². The molecular weight excluding hydrogens is 159 g/mol. The maximum atomic E-state index is 9.15. The Morgan fingerprint density at radius 1 is 1.23 bits per heavy atom. The average molecular weight is 172 g/mol. The van der Waals surface area contributed by atoms with E-state index in [2.05, 4.69) is 7.85 Å². The van der Waals surface area contributed by atoms with Crippen molar-refractivity contribution < 1.29 is 5.11 Å². The van der Waals surface area contributed by atoms with E-state index in [9.17, 15) is 0 Å². The molecule has 1 aromatic carbocycles. The van der Waals surface area contributed by atoms with Crippen LogP contribution in [0, 0.1) is 0 Å². The molecule has 0 aromatic heterocycles. The number of phenols is 1. The van der Waals surface area contributed by atoms with Crippen LogP contribution in [-0.4, -0.2) is 13.0 Å². The summed E-state index contributed by atoms with van der Waals surface area (Å²) in [5, 5.41) is 9.15. The van der Waals surface area contributed by atoms with Crippen molar-refractivity contribution in [2.75, 3.05) is 0 Å². The highest BCUT2D eigenvalue weighted by Crippen LogP contribution is 2.38. The molecule has 0 aliphatic heterocycles. The lowest BCUT2D eigenvalue weighted by atomic mass is 9.90. The first-order valence-corrected chi connectivity index (χ1v) is 4.81. The van der Waals surface area contributed by atoms with Crippen LogP contribution in [0.3, 0.4) is 0 Å². The molecular formula is C11H13BO. The summed E-state index contributed by atoms with van der Waals surface area (Å²) in [6.07, 6.45) is 3.63. The largest absolute Gasteiger partial charge is 0.508 e. The number of benzene rings is 1. The Kier molecular flexibility index (Phi) is 2.13. The van der Waals surface area contributed by atoms with E-state index in [0.717, 1.165) is 6.32 Å². The van der Waals surface area contributed by atoms with Crippen LogP contribution in [0.2, 0.25) is 6.32 Å². The van der Waals surface area contributed by atoms with Gasteiger partial charge in [0.25, 0.3) is 0 Å². The Morgan fingerprint density at radius 2 is 1.85 bits per heavy atom. The molecule has 1 aromatic rings. The molecule has 0 amide bonds. The second-order valence-corrected chi connectivity index (χ2v) is 3.48. The standard InChI is InChI=1S/C11H13BO/c12-7-11(8-1-2-8)9-3-5-10(13)6-4-9/h3-6,13H,1-2,7,12H2. The summed E-state index contributed by atoms with van der Waals surface area (Å²) in [6, 6.07) is 7.51. The fourth-order valence-corrected chi connectivity index (χ4v) is 1.69. The van der Waals surface area contributed by atoms with Crippen LogP contribution in [0.25, 0.3) is 5.57 Å². The van der Waals surface area contributed by atoms with Gasteiger partial charge in [-0.15, -0.1) is 0 Å². The first kappa shape index (κ1) is 8.42. The van der Waals surface area contributed by atoms with Crippen LogP contribution < -0.4 is 0 Å². The molecule has 0 unspecified atom stereocenters. The van der Waals surface area contributed by atoms with Gasteiger partial charge in [-0.1, -0.05) is 24.0 Å². The maximum Gasteiger partial charge on any atom is 0.115 e. The van der Waals surface area contributed by atoms with E-state index in [1.54, 1.807) is 17.7 Å². The molecule has 1 aliphatic carbocycles. The highest BCUT2D eigenvalue weighted by molar-refractivity contribution is 6.15. The molecule has 1 N–H and O–H groups in total. The monoisotopic (exact) mass is 172 g/mol. The van der Waals surface area contributed by atoms with Crippen molar-refractivity contribution in [3.63, 3.8) is 0 Å². The molecule has 1 fully saturated rings. The fourth-order valence-electron chi connectivity index (χ4n) is 1.69. The molecule has 2 rings (SSSR count). The van der Waals surface area contributed by atoms with Crippen molar-refractivity contribution in [1.29, 1.82) is 0 Å². The lowest BCUT2D eigenvalue weighted by Gasteiger charge is -2.04. The molecule has 0 radical (unpaired) electrons. The van der Waals surface area contributed by atoms with Gasteiger partial charge >= 0.3 is 0 Å². The van der Waals surface area contributed by atoms with Crippen molar-refractivity contribution in [3.05, 3.63) is 35.4 Å². The minimum Gasteiger partial charge on any atom is -0.508 e. The van der Waals surface area contributed by atoms with E-state index >= 15 is 0 Å². The SMILES string of the molecule is BCC(=C1CC1)c1ccc(O)cc1. The zero-order valence-electron chi connectivity index (χ0n) is 7.88. The Hall–Kier alpha value is -1.18. The topological polar surface area (TPSA) is 20.2 Å². The quantitative estimate of drug-likeness (QED) is 0.676. The predicted octanol–water partition coefficient (Wildman–Crippen LogP) is 1.99. The second-order valence-electron chi connectivity index (χ2n) is 3.48. The third kappa shape index (κ3) is 1.77. The van der Waals surface area contributed by atoms with Crippen LogP contribution in [0.5, 0.6) is 5.75 Å². The van der Waals surface area contributed by atoms with Crippen molar-refractivity contribution in [2.45, 2.75) is 19.2 Å². The van der Waals surface area contributed by atoms with Gasteiger partial charge in [-0.25, -0.2) is 0 Å². The Balaban J connectivity index is 2.34. The van der Waals surface area contributed by atoms with Gasteiger partial charge < -0.3 is 5.11 Å². The third-order valence-electron chi connectivity index (χ3n) is 2.50. The molecule has 66 valence electrons. The minimum absolute atomic E-state index is 0.347. The van der Waals surface area contributed by atoms with Crippen molar-refractivity contribution in [2.24, 2.45) is 0 Å². The van der Waals surface area contributed by atoms with Gasteiger partial charge in [0.05, 0.1) is 0 Å². The summed E-state index contributed by atoms with van der Waals surface area (Å²) in [4.78, 5) is 0. The Morgan fingerprint density at radius 3 is 2.31 bits per heavy atom. The third-order valence-corrected chi connectivity index (χ3v) is 2.50. The molecule has 1 nitrogen and oxygen atoms in total. The number of hydrogen-bond donors (Lipinski definition) is 1. The van der Waals surface area contributed by atoms with Gasteiger partial charge in [0.2, 0.25) is 0 Å². The summed E-state index contributed by atoms with van der Waals surface area (Å²) < 4.78 is 0. The lowest BCUT2D eigenvalue weighted by molar-refractivity contribution is 0.475. The lowest BCUT2D eigenvalue weighted by Crippen LogP contribution is -1.83. The molecule has 2 heteroatoms. The number of aromatic hydroxyl groups is 1. The highest BCUT2D eigenvalue weighted by Gasteiger charge is 2.17. The van der Waals surface area contributed by atoms with Gasteiger partial charge in [-0.05, 0) is 36.1 Å². The second kappa shape index (κ2) is 3.29. The van der Waals surface area contributed by atoms with Gasteiger partial charge in [0.15, 0.2) is 0 Å². The van der Waals surface area contributed by atoms with Gasteiger partial charge in [-0.3, -0.25) is 0 Å². The Bertz CT molecular complexity index is 332. The zero-order chi connectivity index (χ0) is 9.26. The molecule has 1 saturated carbocycles. The first-order valence-electron chi connectivity index (χ1n) is 4.81. The van der Waals surface area contributed by atoms with E-state index in [-0.39, 0.29) is 0 Å². The molecule has 0 atom stereocenters. The highest BCUT2D eigenvalue weighted by atomic mass is 16.3. The molecule has 0 saturated heterocycles. The van der Waals surface area contributed by atoms with E-state index in [1.807, 2.05) is 12.1 Å². The van der Waals surface area contributed by atoms with Crippen LogP contribution in [0.15, 0.2) is 29.8 Å².